The maximum atomic E-state index is 11.5. The summed E-state index contributed by atoms with van der Waals surface area (Å²) in [5, 5.41) is 8.58. The molecule has 0 atom stereocenters. The Bertz CT molecular complexity index is 331. The number of hydrogen-bond donors (Lipinski definition) is 2. The first-order valence-electron chi connectivity index (χ1n) is 5.43. The molecule has 0 aliphatic rings. The minimum Gasteiger partial charge on any atom is -0.481 e. The van der Waals surface area contributed by atoms with E-state index in [2.05, 4.69) is 4.72 Å². The van der Waals surface area contributed by atoms with E-state index in [4.69, 9.17) is 5.11 Å². The summed E-state index contributed by atoms with van der Waals surface area (Å²) in [6.45, 7) is 6.57. The molecule has 0 radical (unpaired) electrons. The highest BCUT2D eigenvalue weighted by Crippen LogP contribution is 2.26. The lowest BCUT2D eigenvalue weighted by atomic mass is 9.83. The van der Waals surface area contributed by atoms with Crippen LogP contribution in [0.4, 0.5) is 0 Å². The van der Waals surface area contributed by atoms with Gasteiger partial charge in [0.1, 0.15) is 0 Å². The number of carboxylic acid groups (broad SMARTS) is 1. The zero-order valence-corrected chi connectivity index (χ0v) is 11.1. The molecule has 0 unspecified atom stereocenters. The van der Waals surface area contributed by atoms with Gasteiger partial charge in [-0.2, -0.15) is 0 Å². The third kappa shape index (κ3) is 3.45. The smallest absolute Gasteiger partial charge is 0.310 e. The van der Waals surface area contributed by atoms with Gasteiger partial charge in [0.25, 0.3) is 0 Å². The first kappa shape index (κ1) is 15.4. The Morgan fingerprint density at radius 2 is 1.75 bits per heavy atom. The second kappa shape index (κ2) is 5.63. The third-order valence-electron chi connectivity index (χ3n) is 3.04. The number of carbonyl (C=O) groups is 1. The van der Waals surface area contributed by atoms with Crippen LogP contribution in [0.25, 0.3) is 0 Å². The van der Waals surface area contributed by atoms with Crippen LogP contribution < -0.4 is 4.72 Å². The second-order valence-corrected chi connectivity index (χ2v) is 6.53. The van der Waals surface area contributed by atoms with Gasteiger partial charge in [0, 0.05) is 6.54 Å². The van der Waals surface area contributed by atoms with E-state index >= 15 is 0 Å². The van der Waals surface area contributed by atoms with Crippen LogP contribution in [0.5, 0.6) is 0 Å². The highest BCUT2D eigenvalue weighted by atomic mass is 32.2. The van der Waals surface area contributed by atoms with Crippen molar-refractivity contribution >= 4 is 16.0 Å². The van der Waals surface area contributed by atoms with E-state index in [9.17, 15) is 13.2 Å². The number of rotatable bonds is 7. The molecule has 0 aromatic heterocycles. The van der Waals surface area contributed by atoms with Gasteiger partial charge in [-0.05, 0) is 26.7 Å². The van der Waals surface area contributed by atoms with Crippen molar-refractivity contribution in [1.29, 1.82) is 0 Å². The number of carboxylic acids is 1. The summed E-state index contributed by atoms with van der Waals surface area (Å²) in [6, 6.07) is 0. The topological polar surface area (TPSA) is 83.5 Å². The summed E-state index contributed by atoms with van der Waals surface area (Å²) >= 11 is 0. The minimum atomic E-state index is -3.40. The number of hydrogen-bond acceptors (Lipinski definition) is 3. The van der Waals surface area contributed by atoms with Gasteiger partial charge in [-0.15, -0.1) is 0 Å². The molecule has 0 bridgehead atoms. The summed E-state index contributed by atoms with van der Waals surface area (Å²) in [5.74, 6) is -0.955. The van der Waals surface area contributed by atoms with E-state index < -0.39 is 26.7 Å². The van der Waals surface area contributed by atoms with Crippen molar-refractivity contribution in [2.24, 2.45) is 5.41 Å². The average Bonchev–Trinajstić information content (AvgIpc) is 2.19. The Morgan fingerprint density at radius 1 is 1.31 bits per heavy atom. The Labute approximate surface area is 97.3 Å². The fourth-order valence-corrected chi connectivity index (χ4v) is 2.09. The fourth-order valence-electron chi connectivity index (χ4n) is 1.28. The van der Waals surface area contributed by atoms with Crippen molar-refractivity contribution in [2.45, 2.75) is 45.8 Å². The number of sulfonamides is 1. The van der Waals surface area contributed by atoms with Crippen molar-refractivity contribution < 1.29 is 18.3 Å². The number of nitrogens with one attached hydrogen (secondary N) is 1. The quantitative estimate of drug-likeness (QED) is 0.712. The van der Waals surface area contributed by atoms with Gasteiger partial charge in [-0.3, -0.25) is 4.79 Å². The predicted octanol–water partition coefficient (Wildman–Crippen LogP) is 1.21. The largest absolute Gasteiger partial charge is 0.481 e. The van der Waals surface area contributed by atoms with E-state index in [0.29, 0.717) is 12.8 Å². The molecule has 0 rings (SSSR count). The molecule has 0 aliphatic heterocycles. The van der Waals surface area contributed by atoms with Crippen LogP contribution in [0.15, 0.2) is 0 Å². The molecule has 0 spiro atoms. The molecule has 0 heterocycles. The molecule has 96 valence electrons. The van der Waals surface area contributed by atoms with Crippen molar-refractivity contribution in [3.05, 3.63) is 0 Å². The Hall–Kier alpha value is -0.620. The zero-order valence-electron chi connectivity index (χ0n) is 10.3. The summed E-state index contributed by atoms with van der Waals surface area (Å²) in [4.78, 5) is 11.1. The molecule has 6 heteroatoms. The van der Waals surface area contributed by atoms with Crippen molar-refractivity contribution in [3.8, 4) is 0 Å². The molecule has 16 heavy (non-hydrogen) atoms. The van der Waals surface area contributed by atoms with Gasteiger partial charge < -0.3 is 5.11 Å². The summed E-state index contributed by atoms with van der Waals surface area (Å²) in [5.41, 5.74) is -0.998. The zero-order chi connectivity index (χ0) is 13.0. The maximum Gasteiger partial charge on any atom is 0.310 e. The fraction of sp³-hybridized carbons (Fsp3) is 0.900. The van der Waals surface area contributed by atoms with Crippen LogP contribution in [0.1, 0.15) is 40.5 Å². The molecule has 0 saturated heterocycles. The van der Waals surface area contributed by atoms with Crippen LogP contribution in [-0.2, 0) is 14.8 Å². The summed E-state index contributed by atoms with van der Waals surface area (Å²) < 4.78 is 25.4. The molecule has 5 nitrogen and oxygen atoms in total. The van der Waals surface area contributed by atoms with Crippen LogP contribution in [0, 0.1) is 5.41 Å². The van der Waals surface area contributed by atoms with Gasteiger partial charge in [-0.25, -0.2) is 13.1 Å². The first-order valence-corrected chi connectivity index (χ1v) is 6.98. The predicted molar refractivity (Wildman–Crippen MR) is 62.7 cm³/mol. The van der Waals surface area contributed by atoms with E-state index in [1.165, 1.54) is 0 Å². The molecule has 0 amide bonds. The van der Waals surface area contributed by atoms with Gasteiger partial charge in [0.15, 0.2) is 0 Å². The number of aliphatic carboxylic acids is 1. The summed E-state index contributed by atoms with van der Waals surface area (Å²) in [7, 11) is -3.40. The lowest BCUT2D eigenvalue weighted by Crippen LogP contribution is -2.44. The van der Waals surface area contributed by atoms with Crippen LogP contribution in [-0.4, -0.2) is 31.3 Å². The van der Waals surface area contributed by atoms with E-state index in [1.54, 1.807) is 27.7 Å². The molecule has 0 aliphatic carbocycles. The lowest BCUT2D eigenvalue weighted by Gasteiger charge is -2.27. The average molecular weight is 251 g/mol. The molecule has 0 aromatic carbocycles. The Balaban J connectivity index is 4.76. The summed E-state index contributed by atoms with van der Waals surface area (Å²) in [6.07, 6.45) is 0.804. The monoisotopic (exact) mass is 251 g/mol. The van der Waals surface area contributed by atoms with Crippen molar-refractivity contribution in [3.63, 3.8) is 0 Å². The first-order chi connectivity index (χ1) is 7.22. The van der Waals surface area contributed by atoms with Crippen molar-refractivity contribution in [2.75, 3.05) is 6.54 Å². The molecule has 2 N–H and O–H groups in total. The molecule has 0 aromatic rings. The van der Waals surface area contributed by atoms with Gasteiger partial charge >= 0.3 is 5.97 Å². The van der Waals surface area contributed by atoms with Gasteiger partial charge in [0.05, 0.1) is 10.7 Å². The Morgan fingerprint density at radius 3 is 2.00 bits per heavy atom. The van der Waals surface area contributed by atoms with Gasteiger partial charge in [0.2, 0.25) is 10.0 Å². The maximum absolute atomic E-state index is 11.5. The minimum absolute atomic E-state index is 0.0458. The molecule has 0 fully saturated rings. The molecular weight excluding hydrogens is 230 g/mol. The second-order valence-electron chi connectivity index (χ2n) is 4.21. The van der Waals surface area contributed by atoms with Crippen LogP contribution in [0.3, 0.4) is 0 Å². The SMILES string of the molecule is CCC(CC)(CNS(=O)(=O)C(C)C)C(=O)O. The van der Waals surface area contributed by atoms with Crippen molar-refractivity contribution in [1.82, 2.24) is 4.72 Å². The highest BCUT2D eigenvalue weighted by molar-refractivity contribution is 7.90. The van der Waals surface area contributed by atoms with E-state index in [0.717, 1.165) is 0 Å². The standard InChI is InChI=1S/C10H21NO4S/c1-5-10(6-2,9(12)13)7-11-16(14,15)8(3)4/h8,11H,5-7H2,1-4H3,(H,12,13). The molecule has 0 saturated carbocycles. The van der Waals surface area contributed by atoms with E-state index in [1.807, 2.05) is 0 Å². The highest BCUT2D eigenvalue weighted by Gasteiger charge is 2.36. The lowest BCUT2D eigenvalue weighted by molar-refractivity contribution is -0.149. The third-order valence-corrected chi connectivity index (χ3v) is 4.83. The van der Waals surface area contributed by atoms with Crippen LogP contribution >= 0.6 is 0 Å². The normalized spacial score (nSPS) is 13.1. The van der Waals surface area contributed by atoms with E-state index in [-0.39, 0.29) is 6.54 Å². The van der Waals surface area contributed by atoms with Crippen LogP contribution in [0.2, 0.25) is 0 Å². The molecular formula is C10H21NO4S. The van der Waals surface area contributed by atoms with Gasteiger partial charge in [-0.1, -0.05) is 13.8 Å². The Kier molecular flexibility index (Phi) is 5.41.